The zero-order valence-electron chi connectivity index (χ0n) is 19.7. The average Bonchev–Trinajstić information content (AvgIpc) is 3.45. The van der Waals surface area contributed by atoms with E-state index < -0.39 is 0 Å². The number of amides is 1. The number of aromatic nitrogens is 2. The highest BCUT2D eigenvalue weighted by Gasteiger charge is 2.27. The SMILES string of the molecule is CCc1nc(-c2ccccc2)nc(N2CCN(C(=O)c3ccco3)CC2)c1Cc1ccccc1F. The zero-order chi connectivity index (χ0) is 24.2. The first-order valence-corrected chi connectivity index (χ1v) is 11.9. The number of carbonyl (C=O) groups is 1. The summed E-state index contributed by atoms with van der Waals surface area (Å²) in [4.78, 5) is 26.6. The maximum absolute atomic E-state index is 14.6. The Hall–Kier alpha value is -4.00. The molecule has 0 aliphatic carbocycles. The molecule has 0 bridgehead atoms. The molecule has 1 amide bonds. The van der Waals surface area contributed by atoms with Gasteiger partial charge in [0.2, 0.25) is 0 Å². The van der Waals surface area contributed by atoms with Gasteiger partial charge in [-0.05, 0) is 30.2 Å². The number of furan rings is 1. The molecular formula is C28H27FN4O2. The van der Waals surface area contributed by atoms with Gasteiger partial charge in [0.25, 0.3) is 5.91 Å². The molecule has 1 saturated heterocycles. The lowest BCUT2D eigenvalue weighted by Gasteiger charge is -2.36. The van der Waals surface area contributed by atoms with Crippen LogP contribution in [0.25, 0.3) is 11.4 Å². The maximum atomic E-state index is 14.6. The molecule has 7 heteroatoms. The van der Waals surface area contributed by atoms with Gasteiger partial charge in [0.15, 0.2) is 11.6 Å². The molecule has 5 rings (SSSR count). The predicted octanol–water partition coefficient (Wildman–Crippen LogP) is 4.99. The number of halogens is 1. The van der Waals surface area contributed by atoms with Crippen LogP contribution < -0.4 is 4.90 Å². The Kier molecular flexibility index (Phi) is 6.57. The highest BCUT2D eigenvalue weighted by Crippen LogP contribution is 2.29. The van der Waals surface area contributed by atoms with Crippen molar-refractivity contribution < 1.29 is 13.6 Å². The van der Waals surface area contributed by atoms with E-state index in [1.807, 2.05) is 42.5 Å². The molecule has 35 heavy (non-hydrogen) atoms. The molecule has 1 aliphatic rings. The zero-order valence-corrected chi connectivity index (χ0v) is 19.7. The minimum absolute atomic E-state index is 0.108. The summed E-state index contributed by atoms with van der Waals surface area (Å²) in [7, 11) is 0. The largest absolute Gasteiger partial charge is 0.459 e. The molecule has 2 aromatic carbocycles. The lowest BCUT2D eigenvalue weighted by molar-refractivity contribution is 0.0714. The molecule has 0 atom stereocenters. The van der Waals surface area contributed by atoms with E-state index in [0.717, 1.165) is 22.6 Å². The number of piperazine rings is 1. The highest BCUT2D eigenvalue weighted by atomic mass is 19.1. The molecule has 6 nitrogen and oxygen atoms in total. The number of hydrogen-bond acceptors (Lipinski definition) is 5. The standard InChI is InChI=1S/C28H27FN4O2/c1-2-24-22(19-21-11-6-7-12-23(21)29)27(31-26(30-24)20-9-4-3-5-10-20)32-14-16-33(17-15-32)28(34)25-13-8-18-35-25/h3-13,18H,2,14-17,19H2,1H3. The lowest BCUT2D eigenvalue weighted by atomic mass is 10.0. The van der Waals surface area contributed by atoms with Crippen LogP contribution in [0.5, 0.6) is 0 Å². The third kappa shape index (κ3) is 4.80. The Bertz CT molecular complexity index is 1300. The molecule has 2 aromatic heterocycles. The first-order valence-electron chi connectivity index (χ1n) is 11.9. The molecule has 3 heterocycles. The monoisotopic (exact) mass is 470 g/mol. The maximum Gasteiger partial charge on any atom is 0.289 e. The van der Waals surface area contributed by atoms with Crippen molar-refractivity contribution in [3.05, 3.63) is 101 Å². The van der Waals surface area contributed by atoms with E-state index in [2.05, 4.69) is 11.8 Å². The second kappa shape index (κ2) is 10.1. The van der Waals surface area contributed by atoms with E-state index in [-0.39, 0.29) is 11.7 Å². The molecule has 0 unspecified atom stereocenters. The summed E-state index contributed by atoms with van der Waals surface area (Å²) in [5, 5.41) is 0. The van der Waals surface area contributed by atoms with E-state index in [9.17, 15) is 9.18 Å². The first-order chi connectivity index (χ1) is 17.1. The van der Waals surface area contributed by atoms with Crippen molar-refractivity contribution in [2.24, 2.45) is 0 Å². The van der Waals surface area contributed by atoms with Gasteiger partial charge >= 0.3 is 0 Å². The molecule has 178 valence electrons. The van der Waals surface area contributed by atoms with Crippen LogP contribution in [-0.2, 0) is 12.8 Å². The molecule has 0 radical (unpaired) electrons. The van der Waals surface area contributed by atoms with Gasteiger partial charge in [-0.2, -0.15) is 0 Å². The fourth-order valence-electron chi connectivity index (χ4n) is 4.48. The van der Waals surface area contributed by atoms with Crippen molar-refractivity contribution >= 4 is 11.7 Å². The molecule has 0 N–H and O–H groups in total. The average molecular weight is 471 g/mol. The minimum atomic E-state index is -0.235. The Labute approximate surface area is 204 Å². The summed E-state index contributed by atoms with van der Waals surface area (Å²) in [5.41, 5.74) is 3.40. The van der Waals surface area contributed by atoms with E-state index in [1.54, 1.807) is 23.1 Å². The lowest BCUT2D eigenvalue weighted by Crippen LogP contribution is -2.49. The number of hydrogen-bond donors (Lipinski definition) is 0. The predicted molar refractivity (Wildman–Crippen MR) is 133 cm³/mol. The summed E-state index contributed by atoms with van der Waals surface area (Å²) >= 11 is 0. The fourth-order valence-corrected chi connectivity index (χ4v) is 4.48. The van der Waals surface area contributed by atoms with Crippen LogP contribution in [-0.4, -0.2) is 47.0 Å². The third-order valence-electron chi connectivity index (χ3n) is 6.36. The molecule has 4 aromatic rings. The normalized spacial score (nSPS) is 13.8. The van der Waals surface area contributed by atoms with Crippen LogP contribution in [0.3, 0.4) is 0 Å². The van der Waals surface area contributed by atoms with Crippen LogP contribution in [0.15, 0.2) is 77.4 Å². The van der Waals surface area contributed by atoms with Gasteiger partial charge < -0.3 is 14.2 Å². The van der Waals surface area contributed by atoms with E-state index in [0.29, 0.717) is 56.2 Å². The van der Waals surface area contributed by atoms with Crippen molar-refractivity contribution in [2.75, 3.05) is 31.1 Å². The summed E-state index contributed by atoms with van der Waals surface area (Å²) in [5.74, 6) is 1.47. The first kappa shape index (κ1) is 22.8. The van der Waals surface area contributed by atoms with Crippen molar-refractivity contribution in [2.45, 2.75) is 19.8 Å². The van der Waals surface area contributed by atoms with Crippen LogP contribution in [0.2, 0.25) is 0 Å². The summed E-state index contributed by atoms with van der Waals surface area (Å²) in [6.07, 6.45) is 2.62. The van der Waals surface area contributed by atoms with Crippen molar-refractivity contribution in [1.82, 2.24) is 14.9 Å². The van der Waals surface area contributed by atoms with Gasteiger partial charge in [0.1, 0.15) is 11.6 Å². The van der Waals surface area contributed by atoms with E-state index in [4.69, 9.17) is 14.4 Å². The number of rotatable bonds is 6. The smallest absolute Gasteiger partial charge is 0.289 e. The molecular weight excluding hydrogens is 443 g/mol. The van der Waals surface area contributed by atoms with Gasteiger partial charge in [0.05, 0.1) is 6.26 Å². The van der Waals surface area contributed by atoms with Gasteiger partial charge in [-0.25, -0.2) is 14.4 Å². The van der Waals surface area contributed by atoms with Gasteiger partial charge in [-0.1, -0.05) is 55.5 Å². The number of anilines is 1. The summed E-state index contributed by atoms with van der Waals surface area (Å²) in [6.45, 7) is 4.39. The molecule has 1 fully saturated rings. The second-order valence-corrected chi connectivity index (χ2v) is 8.54. The van der Waals surface area contributed by atoms with Crippen LogP contribution in [0.4, 0.5) is 10.2 Å². The van der Waals surface area contributed by atoms with Gasteiger partial charge in [0, 0.05) is 49.4 Å². The molecule has 0 saturated carbocycles. The molecule has 0 spiro atoms. The van der Waals surface area contributed by atoms with Crippen LogP contribution >= 0.6 is 0 Å². The van der Waals surface area contributed by atoms with Crippen molar-refractivity contribution in [3.8, 4) is 11.4 Å². The van der Waals surface area contributed by atoms with Crippen LogP contribution in [0, 0.1) is 5.82 Å². The molecule has 1 aliphatic heterocycles. The topological polar surface area (TPSA) is 62.5 Å². The van der Waals surface area contributed by atoms with Gasteiger partial charge in [-0.15, -0.1) is 0 Å². The Morgan fingerprint density at radius 1 is 0.943 bits per heavy atom. The van der Waals surface area contributed by atoms with E-state index in [1.165, 1.54) is 12.3 Å². The second-order valence-electron chi connectivity index (χ2n) is 8.54. The number of carbonyl (C=O) groups excluding carboxylic acids is 1. The van der Waals surface area contributed by atoms with E-state index >= 15 is 0 Å². The van der Waals surface area contributed by atoms with Crippen molar-refractivity contribution in [1.29, 1.82) is 0 Å². The highest BCUT2D eigenvalue weighted by molar-refractivity contribution is 5.91. The Morgan fingerprint density at radius 2 is 1.69 bits per heavy atom. The Balaban J connectivity index is 1.50. The van der Waals surface area contributed by atoms with Crippen LogP contribution in [0.1, 0.15) is 34.3 Å². The van der Waals surface area contributed by atoms with Gasteiger partial charge in [-0.3, -0.25) is 4.79 Å². The summed E-state index contributed by atoms with van der Waals surface area (Å²) in [6, 6.07) is 20.1. The summed E-state index contributed by atoms with van der Waals surface area (Å²) < 4.78 is 19.9. The minimum Gasteiger partial charge on any atom is -0.459 e. The fraction of sp³-hybridized carbons (Fsp3) is 0.250. The Morgan fingerprint density at radius 3 is 2.37 bits per heavy atom. The number of aryl methyl sites for hydroxylation is 1. The quantitative estimate of drug-likeness (QED) is 0.397. The third-order valence-corrected chi connectivity index (χ3v) is 6.36. The van der Waals surface area contributed by atoms with Crippen molar-refractivity contribution in [3.63, 3.8) is 0 Å². The number of nitrogens with zero attached hydrogens (tertiary/aromatic N) is 4. The number of benzene rings is 2.